The lowest BCUT2D eigenvalue weighted by Crippen LogP contribution is -2.50. The number of nitrogens with zero attached hydrogens (tertiary/aromatic N) is 2. The van der Waals surface area contributed by atoms with Crippen LogP contribution in [0.5, 0.6) is 0 Å². The second-order valence-corrected chi connectivity index (χ2v) is 11.3. The van der Waals surface area contributed by atoms with Crippen molar-refractivity contribution in [1.29, 1.82) is 0 Å². The van der Waals surface area contributed by atoms with Crippen molar-refractivity contribution in [2.24, 2.45) is 0 Å². The molecule has 0 saturated carbocycles. The lowest BCUT2D eigenvalue weighted by molar-refractivity contribution is -0.141. The van der Waals surface area contributed by atoms with Crippen molar-refractivity contribution in [2.75, 3.05) is 20.1 Å². The van der Waals surface area contributed by atoms with Gasteiger partial charge in [-0.3, -0.25) is 9.59 Å². The van der Waals surface area contributed by atoms with Gasteiger partial charge in [0.15, 0.2) is 0 Å². The first-order valence-corrected chi connectivity index (χ1v) is 14.3. The number of amides is 2. The smallest absolute Gasteiger partial charge is 0.243 e. The van der Waals surface area contributed by atoms with Crippen molar-refractivity contribution in [3.05, 3.63) is 102 Å². The monoisotopic (exact) mass is 535 g/mol. The summed E-state index contributed by atoms with van der Waals surface area (Å²) in [5.41, 5.74) is 2.96. The van der Waals surface area contributed by atoms with Gasteiger partial charge in [0.05, 0.1) is 4.90 Å². The average Bonchev–Trinajstić information content (AvgIpc) is 2.92. The number of nitrogens with one attached hydrogen (secondary N) is 1. The van der Waals surface area contributed by atoms with E-state index in [2.05, 4.69) is 5.32 Å². The third kappa shape index (κ3) is 7.76. The van der Waals surface area contributed by atoms with E-state index in [1.807, 2.05) is 68.4 Å². The zero-order chi connectivity index (χ0) is 27.5. The number of hydrogen-bond acceptors (Lipinski definition) is 4. The molecule has 0 saturated heterocycles. The van der Waals surface area contributed by atoms with Gasteiger partial charge in [0.1, 0.15) is 6.04 Å². The van der Waals surface area contributed by atoms with Gasteiger partial charge in [0, 0.05) is 39.5 Å². The zero-order valence-electron chi connectivity index (χ0n) is 22.3. The summed E-state index contributed by atoms with van der Waals surface area (Å²) in [4.78, 5) is 28.8. The third-order valence-corrected chi connectivity index (χ3v) is 8.41. The van der Waals surface area contributed by atoms with Crippen LogP contribution in [-0.2, 0) is 32.6 Å². The van der Waals surface area contributed by atoms with E-state index in [4.69, 9.17) is 0 Å². The number of benzene rings is 3. The molecule has 3 aromatic rings. The molecule has 0 aromatic heterocycles. The Kier molecular flexibility index (Phi) is 10.6. The molecule has 8 heteroatoms. The maximum atomic E-state index is 13.7. The number of hydrogen-bond donors (Lipinski definition) is 1. The molecule has 0 unspecified atom stereocenters. The number of rotatable bonds is 13. The van der Waals surface area contributed by atoms with Crippen LogP contribution in [0.3, 0.4) is 0 Å². The molecule has 0 aliphatic heterocycles. The van der Waals surface area contributed by atoms with Crippen LogP contribution < -0.4 is 5.32 Å². The first-order chi connectivity index (χ1) is 18.2. The maximum absolute atomic E-state index is 13.7. The van der Waals surface area contributed by atoms with Gasteiger partial charge in [-0.1, -0.05) is 72.8 Å². The van der Waals surface area contributed by atoms with Gasteiger partial charge < -0.3 is 10.2 Å². The van der Waals surface area contributed by atoms with Crippen molar-refractivity contribution in [2.45, 2.75) is 50.6 Å². The van der Waals surface area contributed by atoms with Crippen LogP contribution in [0.25, 0.3) is 0 Å². The molecule has 0 aliphatic carbocycles. The molecule has 0 aliphatic rings. The standard InChI is InChI=1S/C30H37N3O4S/c1-4-31-30(35)28(22-25-15-7-5-8-16-25)33(23-26-17-12-11-14-24(26)2)29(34)20-13-21-32(3)38(36,37)27-18-9-6-10-19-27/h5-12,14-19,28H,4,13,20-23H2,1-3H3,(H,31,35)/t28-/m1/s1. The number of carbonyl (C=O) groups is 2. The van der Waals surface area contributed by atoms with Crippen LogP contribution >= 0.6 is 0 Å². The summed E-state index contributed by atoms with van der Waals surface area (Å²) >= 11 is 0. The molecular formula is C30H37N3O4S. The highest BCUT2D eigenvalue weighted by Crippen LogP contribution is 2.19. The summed E-state index contributed by atoms with van der Waals surface area (Å²) in [6.45, 7) is 4.77. The van der Waals surface area contributed by atoms with Crippen LogP contribution in [0.4, 0.5) is 0 Å². The van der Waals surface area contributed by atoms with Gasteiger partial charge >= 0.3 is 0 Å². The fourth-order valence-corrected chi connectivity index (χ4v) is 5.54. The Morgan fingerprint density at radius 2 is 1.50 bits per heavy atom. The summed E-state index contributed by atoms with van der Waals surface area (Å²) < 4.78 is 27.0. The first-order valence-electron chi connectivity index (χ1n) is 12.9. The molecule has 3 aromatic carbocycles. The summed E-state index contributed by atoms with van der Waals surface area (Å²) in [5.74, 6) is -0.395. The van der Waals surface area contributed by atoms with Gasteiger partial charge in [0.25, 0.3) is 0 Å². The summed E-state index contributed by atoms with van der Waals surface area (Å²) in [6.07, 6.45) is 0.830. The Morgan fingerprint density at radius 3 is 2.13 bits per heavy atom. The second kappa shape index (κ2) is 13.9. The summed E-state index contributed by atoms with van der Waals surface area (Å²) in [7, 11) is -2.13. The highest BCUT2D eigenvalue weighted by molar-refractivity contribution is 7.89. The van der Waals surface area contributed by atoms with Crippen LogP contribution in [0.2, 0.25) is 0 Å². The molecule has 0 radical (unpaired) electrons. The summed E-state index contributed by atoms with van der Waals surface area (Å²) in [6, 6.07) is 25.0. The van der Waals surface area contributed by atoms with Gasteiger partial charge in [-0.25, -0.2) is 12.7 Å². The van der Waals surface area contributed by atoms with Crippen molar-refractivity contribution in [1.82, 2.24) is 14.5 Å². The number of carbonyl (C=O) groups excluding carboxylic acids is 2. The Hall–Kier alpha value is -3.49. The number of sulfonamides is 1. The van der Waals surface area contributed by atoms with Crippen LogP contribution in [0, 0.1) is 6.92 Å². The van der Waals surface area contributed by atoms with E-state index in [1.165, 1.54) is 11.4 Å². The quantitative estimate of drug-likeness (QED) is 0.356. The predicted molar refractivity (Wildman–Crippen MR) is 150 cm³/mol. The van der Waals surface area contributed by atoms with E-state index < -0.39 is 16.1 Å². The lowest BCUT2D eigenvalue weighted by Gasteiger charge is -2.32. The average molecular weight is 536 g/mol. The molecule has 38 heavy (non-hydrogen) atoms. The fraction of sp³-hybridized carbons (Fsp3) is 0.333. The highest BCUT2D eigenvalue weighted by atomic mass is 32.2. The van der Waals surface area contributed by atoms with E-state index in [0.717, 1.165) is 16.7 Å². The fourth-order valence-electron chi connectivity index (χ4n) is 4.31. The van der Waals surface area contributed by atoms with E-state index in [9.17, 15) is 18.0 Å². The summed E-state index contributed by atoms with van der Waals surface area (Å²) in [5, 5.41) is 2.89. The van der Waals surface area contributed by atoms with Crippen LogP contribution in [0.1, 0.15) is 36.5 Å². The number of aryl methyl sites for hydroxylation is 1. The molecule has 0 heterocycles. The van der Waals surface area contributed by atoms with Crippen molar-refractivity contribution in [3.63, 3.8) is 0 Å². The van der Waals surface area contributed by atoms with Crippen molar-refractivity contribution >= 4 is 21.8 Å². The molecule has 202 valence electrons. The highest BCUT2D eigenvalue weighted by Gasteiger charge is 2.30. The molecule has 1 atom stereocenters. The Morgan fingerprint density at radius 1 is 0.895 bits per heavy atom. The normalized spacial score (nSPS) is 12.2. The predicted octanol–water partition coefficient (Wildman–Crippen LogP) is 4.17. The molecule has 0 fully saturated rings. The second-order valence-electron chi connectivity index (χ2n) is 9.29. The minimum absolute atomic E-state index is 0.116. The maximum Gasteiger partial charge on any atom is 0.243 e. The van der Waals surface area contributed by atoms with Crippen molar-refractivity contribution < 1.29 is 18.0 Å². The molecular weight excluding hydrogens is 498 g/mol. The van der Waals surface area contributed by atoms with Gasteiger partial charge in [0.2, 0.25) is 21.8 Å². The van der Waals surface area contributed by atoms with E-state index in [1.54, 1.807) is 35.2 Å². The SMILES string of the molecule is CCNC(=O)[C@@H](Cc1ccccc1)N(Cc1ccccc1C)C(=O)CCCN(C)S(=O)(=O)c1ccccc1. The van der Waals surface area contributed by atoms with Crippen LogP contribution in [-0.4, -0.2) is 55.6 Å². The van der Waals surface area contributed by atoms with Gasteiger partial charge in [-0.15, -0.1) is 0 Å². The van der Waals surface area contributed by atoms with E-state index >= 15 is 0 Å². The minimum atomic E-state index is -3.64. The van der Waals surface area contributed by atoms with Crippen molar-refractivity contribution in [3.8, 4) is 0 Å². The van der Waals surface area contributed by atoms with Gasteiger partial charge in [-0.2, -0.15) is 0 Å². The molecule has 0 spiro atoms. The molecule has 3 rings (SSSR count). The minimum Gasteiger partial charge on any atom is -0.355 e. The molecule has 1 N–H and O–H groups in total. The molecule has 0 bridgehead atoms. The Labute approximate surface area is 226 Å². The van der Waals surface area contributed by atoms with Crippen LogP contribution in [0.15, 0.2) is 89.8 Å². The van der Waals surface area contributed by atoms with Gasteiger partial charge in [-0.05, 0) is 49.1 Å². The first kappa shape index (κ1) is 29.1. The largest absolute Gasteiger partial charge is 0.355 e. The Balaban J connectivity index is 1.81. The Bertz CT molecular complexity index is 1300. The molecule has 7 nitrogen and oxygen atoms in total. The lowest BCUT2D eigenvalue weighted by atomic mass is 10.0. The molecule has 2 amide bonds. The topological polar surface area (TPSA) is 86.8 Å². The van der Waals surface area contributed by atoms with E-state index in [-0.39, 0.29) is 36.2 Å². The third-order valence-electron chi connectivity index (χ3n) is 6.54. The number of likely N-dealkylation sites (N-methyl/N-ethyl adjacent to an activating group) is 1. The zero-order valence-corrected chi connectivity index (χ0v) is 23.2. The van der Waals surface area contributed by atoms with E-state index in [0.29, 0.717) is 19.4 Å².